The molecule has 1 aromatic rings. The normalized spacial score (nSPS) is 18.3. The van der Waals surface area contributed by atoms with Crippen LogP contribution in [0.1, 0.15) is 31.2 Å². The van der Waals surface area contributed by atoms with Crippen LogP contribution < -0.4 is 9.47 Å². The van der Waals surface area contributed by atoms with E-state index in [1.165, 1.54) is 13.2 Å². The number of methoxy groups -OCH3 is 2. The van der Waals surface area contributed by atoms with Gasteiger partial charge in [-0.1, -0.05) is 12.1 Å². The molecule has 0 aromatic heterocycles. The summed E-state index contributed by atoms with van der Waals surface area (Å²) >= 11 is 0. The molecule has 1 saturated carbocycles. The van der Waals surface area contributed by atoms with Gasteiger partial charge in [0, 0.05) is 18.1 Å². The van der Waals surface area contributed by atoms with E-state index in [-0.39, 0.29) is 5.78 Å². The number of esters is 1. The topological polar surface area (TPSA) is 61.8 Å². The maximum Gasteiger partial charge on any atom is 0.331 e. The summed E-state index contributed by atoms with van der Waals surface area (Å²) < 4.78 is 15.7. The Morgan fingerprint density at radius 3 is 2.73 bits per heavy atom. The molecule has 1 aliphatic rings. The lowest BCUT2D eigenvalue weighted by atomic mass is 9.96. The first-order valence-corrected chi connectivity index (χ1v) is 7.28. The molecule has 0 N–H and O–H groups in total. The smallest absolute Gasteiger partial charge is 0.331 e. The van der Waals surface area contributed by atoms with E-state index in [0.717, 1.165) is 12.8 Å². The summed E-state index contributed by atoms with van der Waals surface area (Å²) in [6, 6.07) is 5.38. The molecule has 0 unspecified atom stereocenters. The van der Waals surface area contributed by atoms with Crippen molar-refractivity contribution < 1.29 is 23.8 Å². The molecule has 0 saturated heterocycles. The molecule has 22 heavy (non-hydrogen) atoms. The zero-order valence-corrected chi connectivity index (χ0v) is 12.8. The van der Waals surface area contributed by atoms with Crippen LogP contribution in [0.25, 0.3) is 6.08 Å². The Bertz CT molecular complexity index is 576. The Morgan fingerprint density at radius 1 is 1.23 bits per heavy atom. The van der Waals surface area contributed by atoms with Gasteiger partial charge in [-0.15, -0.1) is 0 Å². The summed E-state index contributed by atoms with van der Waals surface area (Å²) in [4.78, 5) is 23.5. The summed E-state index contributed by atoms with van der Waals surface area (Å²) in [5.41, 5.74) is 0.703. The highest BCUT2D eigenvalue weighted by Crippen LogP contribution is 2.31. The third kappa shape index (κ3) is 3.87. The van der Waals surface area contributed by atoms with Gasteiger partial charge >= 0.3 is 5.97 Å². The molecule has 0 spiro atoms. The molecular weight excluding hydrogens is 284 g/mol. The number of carbonyl (C=O) groups excluding carboxylic acids is 2. The van der Waals surface area contributed by atoms with Gasteiger partial charge in [-0.05, 0) is 31.4 Å². The van der Waals surface area contributed by atoms with Crippen LogP contribution in [0.2, 0.25) is 0 Å². The van der Waals surface area contributed by atoms with Crippen LogP contribution in [0.5, 0.6) is 11.5 Å². The minimum Gasteiger partial charge on any atom is -0.493 e. The van der Waals surface area contributed by atoms with Crippen molar-refractivity contribution in [2.75, 3.05) is 14.2 Å². The van der Waals surface area contributed by atoms with Crippen molar-refractivity contribution in [1.82, 2.24) is 0 Å². The second-order valence-electron chi connectivity index (χ2n) is 5.05. The highest BCUT2D eigenvalue weighted by atomic mass is 16.5. The molecule has 0 radical (unpaired) electrons. The van der Waals surface area contributed by atoms with Crippen molar-refractivity contribution in [3.05, 3.63) is 29.8 Å². The largest absolute Gasteiger partial charge is 0.493 e. The van der Waals surface area contributed by atoms with Crippen molar-refractivity contribution >= 4 is 17.8 Å². The summed E-state index contributed by atoms with van der Waals surface area (Å²) in [6.07, 6.45) is 5.20. The molecule has 5 nitrogen and oxygen atoms in total. The zero-order valence-electron chi connectivity index (χ0n) is 12.8. The summed E-state index contributed by atoms with van der Waals surface area (Å²) in [7, 11) is 3.09. The third-order valence-corrected chi connectivity index (χ3v) is 3.59. The highest BCUT2D eigenvalue weighted by molar-refractivity contribution is 5.91. The quantitative estimate of drug-likeness (QED) is 0.618. The molecule has 0 heterocycles. The number of benzene rings is 1. The molecule has 0 aliphatic heterocycles. The van der Waals surface area contributed by atoms with Crippen LogP contribution in [0, 0.1) is 0 Å². The molecule has 0 amide bonds. The van der Waals surface area contributed by atoms with E-state index in [1.54, 1.807) is 31.4 Å². The number of hydrogen-bond acceptors (Lipinski definition) is 5. The molecular formula is C17H20O5. The number of para-hydroxylation sites is 1. The van der Waals surface area contributed by atoms with E-state index in [2.05, 4.69) is 0 Å². The van der Waals surface area contributed by atoms with Crippen molar-refractivity contribution in [2.24, 2.45) is 0 Å². The fraction of sp³-hybridized carbons (Fsp3) is 0.412. The van der Waals surface area contributed by atoms with Crippen LogP contribution in [0.4, 0.5) is 0 Å². The summed E-state index contributed by atoms with van der Waals surface area (Å²) in [6.45, 7) is 0. The van der Waals surface area contributed by atoms with Gasteiger partial charge in [0.05, 0.1) is 14.2 Å². The average Bonchev–Trinajstić information content (AvgIpc) is 2.54. The van der Waals surface area contributed by atoms with E-state index in [4.69, 9.17) is 14.2 Å². The summed E-state index contributed by atoms with van der Waals surface area (Å²) in [5.74, 6) is 0.611. The first kappa shape index (κ1) is 16.1. The van der Waals surface area contributed by atoms with E-state index < -0.39 is 12.1 Å². The lowest BCUT2D eigenvalue weighted by Gasteiger charge is -2.19. The van der Waals surface area contributed by atoms with Crippen LogP contribution in [-0.4, -0.2) is 32.1 Å². The van der Waals surface area contributed by atoms with Gasteiger partial charge in [0.1, 0.15) is 0 Å². The van der Waals surface area contributed by atoms with E-state index in [9.17, 15) is 9.59 Å². The monoisotopic (exact) mass is 304 g/mol. The number of Topliss-reactive ketones (excluding diaryl/α,β-unsaturated/α-hetero) is 1. The molecule has 1 aromatic carbocycles. The van der Waals surface area contributed by atoms with Crippen molar-refractivity contribution in [2.45, 2.75) is 31.8 Å². The average molecular weight is 304 g/mol. The minimum absolute atomic E-state index is 0.00645. The maximum atomic E-state index is 11.9. The minimum atomic E-state index is -0.599. The van der Waals surface area contributed by atoms with Gasteiger partial charge in [-0.2, -0.15) is 0 Å². The second-order valence-corrected chi connectivity index (χ2v) is 5.05. The van der Waals surface area contributed by atoms with Gasteiger partial charge in [-0.25, -0.2) is 4.79 Å². The van der Waals surface area contributed by atoms with E-state index in [0.29, 0.717) is 29.9 Å². The van der Waals surface area contributed by atoms with Gasteiger partial charge in [0.25, 0.3) is 0 Å². The highest BCUT2D eigenvalue weighted by Gasteiger charge is 2.24. The zero-order chi connectivity index (χ0) is 15.9. The third-order valence-electron chi connectivity index (χ3n) is 3.59. The van der Waals surface area contributed by atoms with Crippen molar-refractivity contribution in [1.29, 1.82) is 0 Å². The summed E-state index contributed by atoms with van der Waals surface area (Å²) in [5, 5.41) is 0. The molecule has 0 bridgehead atoms. The molecule has 1 atom stereocenters. The van der Waals surface area contributed by atoms with Crippen LogP contribution >= 0.6 is 0 Å². The lowest BCUT2D eigenvalue weighted by molar-refractivity contribution is -0.152. The number of hydrogen-bond donors (Lipinski definition) is 0. The van der Waals surface area contributed by atoms with Crippen LogP contribution in [-0.2, 0) is 14.3 Å². The standard InChI is InChI=1S/C17H20O5/c1-20-15-9-5-6-12(17(15)21-2)10-11-16(19)22-14-8-4-3-7-13(14)18/h5-6,9-11,14H,3-4,7-8H2,1-2H3/b11-10+/t14-/m1/s1. The molecule has 118 valence electrons. The Morgan fingerprint density at radius 2 is 2.05 bits per heavy atom. The molecule has 5 heteroatoms. The first-order chi connectivity index (χ1) is 10.7. The fourth-order valence-corrected chi connectivity index (χ4v) is 2.46. The Hall–Kier alpha value is -2.30. The van der Waals surface area contributed by atoms with Gasteiger partial charge in [-0.3, -0.25) is 4.79 Å². The predicted molar refractivity (Wildman–Crippen MR) is 81.9 cm³/mol. The van der Waals surface area contributed by atoms with Gasteiger partial charge in [0.2, 0.25) is 0 Å². The maximum absolute atomic E-state index is 11.9. The molecule has 1 fully saturated rings. The Balaban J connectivity index is 2.05. The number of ketones is 1. The fourth-order valence-electron chi connectivity index (χ4n) is 2.46. The van der Waals surface area contributed by atoms with Crippen molar-refractivity contribution in [3.63, 3.8) is 0 Å². The Labute approximate surface area is 129 Å². The van der Waals surface area contributed by atoms with Crippen LogP contribution in [0.3, 0.4) is 0 Å². The lowest BCUT2D eigenvalue weighted by Crippen LogP contribution is -2.29. The number of ether oxygens (including phenoxy) is 3. The Kier molecular flexibility index (Phi) is 5.58. The predicted octanol–water partition coefficient (Wildman–Crippen LogP) is 2.77. The molecule has 1 aliphatic carbocycles. The van der Waals surface area contributed by atoms with Crippen molar-refractivity contribution in [3.8, 4) is 11.5 Å². The SMILES string of the molecule is COc1cccc(/C=C/C(=O)O[C@@H]2CCCCC2=O)c1OC. The van der Waals surface area contributed by atoms with Crippen LogP contribution in [0.15, 0.2) is 24.3 Å². The number of rotatable bonds is 5. The number of carbonyl (C=O) groups is 2. The van der Waals surface area contributed by atoms with E-state index in [1.807, 2.05) is 0 Å². The second kappa shape index (κ2) is 7.64. The van der Waals surface area contributed by atoms with Gasteiger partial charge in [0.15, 0.2) is 23.4 Å². The molecule has 2 rings (SSSR count). The van der Waals surface area contributed by atoms with Gasteiger partial charge < -0.3 is 14.2 Å². The first-order valence-electron chi connectivity index (χ1n) is 7.28. The van der Waals surface area contributed by atoms with E-state index >= 15 is 0 Å².